The number of hydrogen-bond acceptors (Lipinski definition) is 4. The molecule has 5 N–H and O–H groups in total. The van der Waals surface area contributed by atoms with Crippen LogP contribution in [0.5, 0.6) is 0 Å². The summed E-state index contributed by atoms with van der Waals surface area (Å²) in [7, 11) is 0. The molecule has 0 aliphatic heterocycles. The van der Waals surface area contributed by atoms with E-state index in [1.54, 1.807) is 12.1 Å². The Bertz CT molecular complexity index is 519. The summed E-state index contributed by atoms with van der Waals surface area (Å²) >= 11 is 3.20. The number of nitrogens with two attached hydrogens (primary N) is 1. The van der Waals surface area contributed by atoms with Crippen LogP contribution in [-0.4, -0.2) is 36.0 Å². The number of carboxylic acid groups (broad SMARTS) is 1. The van der Waals surface area contributed by atoms with Crippen molar-refractivity contribution in [3.8, 4) is 0 Å². The molecule has 102 valence electrons. The Morgan fingerprint density at radius 2 is 1.89 bits per heavy atom. The number of carbonyl (C=O) groups excluding carboxylic acids is 2. The maximum absolute atomic E-state index is 11.7. The van der Waals surface area contributed by atoms with Gasteiger partial charge in [-0.15, -0.1) is 0 Å². The third-order valence-electron chi connectivity index (χ3n) is 2.10. The molecule has 0 heterocycles. The van der Waals surface area contributed by atoms with Gasteiger partial charge in [0.05, 0.1) is 6.54 Å². The highest BCUT2D eigenvalue weighted by molar-refractivity contribution is 9.10. The van der Waals surface area contributed by atoms with Gasteiger partial charge < -0.3 is 21.5 Å². The first-order valence-corrected chi connectivity index (χ1v) is 6.01. The molecule has 7 nitrogen and oxygen atoms in total. The van der Waals surface area contributed by atoms with Gasteiger partial charge in [0, 0.05) is 15.7 Å². The van der Waals surface area contributed by atoms with Crippen molar-refractivity contribution < 1.29 is 19.5 Å². The number of hydrogen-bond donors (Lipinski definition) is 4. The van der Waals surface area contributed by atoms with Crippen molar-refractivity contribution in [2.24, 2.45) is 0 Å². The molecule has 0 aliphatic carbocycles. The predicted octanol–water partition coefficient (Wildman–Crippen LogP) is -0.0381. The predicted molar refractivity (Wildman–Crippen MR) is 71.5 cm³/mol. The van der Waals surface area contributed by atoms with E-state index in [0.29, 0.717) is 15.7 Å². The van der Waals surface area contributed by atoms with Crippen molar-refractivity contribution in [1.82, 2.24) is 10.6 Å². The van der Waals surface area contributed by atoms with Crippen LogP contribution >= 0.6 is 15.9 Å². The van der Waals surface area contributed by atoms with Gasteiger partial charge in [0.2, 0.25) is 5.91 Å². The Morgan fingerprint density at radius 1 is 1.21 bits per heavy atom. The molecule has 0 spiro atoms. The van der Waals surface area contributed by atoms with E-state index < -0.39 is 24.3 Å². The Labute approximate surface area is 117 Å². The first kappa shape index (κ1) is 15.0. The second-order valence-corrected chi connectivity index (χ2v) is 4.44. The molecule has 0 radical (unpaired) electrons. The zero-order valence-electron chi connectivity index (χ0n) is 9.77. The van der Waals surface area contributed by atoms with Crippen LogP contribution in [0, 0.1) is 0 Å². The fraction of sp³-hybridized carbons (Fsp3) is 0.182. The molecule has 0 unspecified atom stereocenters. The number of aliphatic carboxylic acids is 1. The van der Waals surface area contributed by atoms with Crippen LogP contribution in [0.2, 0.25) is 0 Å². The van der Waals surface area contributed by atoms with Gasteiger partial charge in [-0.05, 0) is 34.1 Å². The largest absolute Gasteiger partial charge is 0.480 e. The molecule has 19 heavy (non-hydrogen) atoms. The van der Waals surface area contributed by atoms with E-state index in [2.05, 4.69) is 26.6 Å². The van der Waals surface area contributed by atoms with Crippen molar-refractivity contribution in [3.05, 3.63) is 28.2 Å². The van der Waals surface area contributed by atoms with E-state index >= 15 is 0 Å². The van der Waals surface area contributed by atoms with E-state index in [-0.39, 0.29) is 6.54 Å². The van der Waals surface area contributed by atoms with Crippen molar-refractivity contribution >= 4 is 39.4 Å². The quantitative estimate of drug-likeness (QED) is 0.565. The topological polar surface area (TPSA) is 122 Å². The van der Waals surface area contributed by atoms with E-state index in [0.717, 1.165) is 0 Å². The number of nitrogens with one attached hydrogen (secondary N) is 2. The summed E-state index contributed by atoms with van der Waals surface area (Å²) < 4.78 is 0.670. The first-order valence-electron chi connectivity index (χ1n) is 5.22. The highest BCUT2D eigenvalue weighted by Gasteiger charge is 2.09. The average molecular weight is 330 g/mol. The second kappa shape index (κ2) is 6.74. The number of carboxylic acids is 1. The number of halogens is 1. The molecule has 0 saturated heterocycles. The summed E-state index contributed by atoms with van der Waals surface area (Å²) in [4.78, 5) is 33.1. The van der Waals surface area contributed by atoms with E-state index in [1.807, 2.05) is 0 Å². The summed E-state index contributed by atoms with van der Waals surface area (Å²) in [6.07, 6.45) is 0. The summed E-state index contributed by atoms with van der Waals surface area (Å²) in [5, 5.41) is 12.8. The Hall–Kier alpha value is -2.09. The highest BCUT2D eigenvalue weighted by Crippen LogP contribution is 2.19. The van der Waals surface area contributed by atoms with Crippen LogP contribution in [0.3, 0.4) is 0 Å². The summed E-state index contributed by atoms with van der Waals surface area (Å²) in [5.74, 6) is -2.20. The van der Waals surface area contributed by atoms with Crippen molar-refractivity contribution in [2.45, 2.75) is 0 Å². The minimum Gasteiger partial charge on any atom is -0.480 e. The molecule has 0 aliphatic rings. The molecule has 8 heteroatoms. The average Bonchev–Trinajstić information content (AvgIpc) is 2.36. The van der Waals surface area contributed by atoms with Gasteiger partial charge in [-0.3, -0.25) is 14.4 Å². The SMILES string of the molecule is Nc1cc(C(=O)NCC(=O)NCC(=O)O)ccc1Br. The molecule has 1 aromatic carbocycles. The lowest BCUT2D eigenvalue weighted by Crippen LogP contribution is -2.39. The van der Waals surface area contributed by atoms with Gasteiger partial charge >= 0.3 is 5.97 Å². The Morgan fingerprint density at radius 3 is 2.47 bits per heavy atom. The standard InChI is InChI=1S/C11H12BrN3O4/c12-7-2-1-6(3-8(7)13)11(19)15-4-9(16)14-5-10(17)18/h1-3H,4-5,13H2,(H,14,16)(H,15,19)(H,17,18). The molecule has 0 aromatic heterocycles. The van der Waals surface area contributed by atoms with Crippen LogP contribution in [0.15, 0.2) is 22.7 Å². The normalized spacial score (nSPS) is 9.74. The molecular formula is C11H12BrN3O4. The monoisotopic (exact) mass is 329 g/mol. The fourth-order valence-electron chi connectivity index (χ4n) is 1.18. The zero-order valence-corrected chi connectivity index (χ0v) is 11.4. The first-order chi connectivity index (χ1) is 8.90. The molecule has 1 aromatic rings. The van der Waals surface area contributed by atoms with Gasteiger partial charge in [0.25, 0.3) is 5.91 Å². The number of carbonyl (C=O) groups is 3. The van der Waals surface area contributed by atoms with Gasteiger partial charge in [-0.1, -0.05) is 0 Å². The number of benzene rings is 1. The van der Waals surface area contributed by atoms with Gasteiger partial charge in [0.1, 0.15) is 6.54 Å². The third kappa shape index (κ3) is 4.96. The molecular weight excluding hydrogens is 318 g/mol. The molecule has 0 fully saturated rings. The van der Waals surface area contributed by atoms with Crippen LogP contribution in [-0.2, 0) is 9.59 Å². The molecule has 1 rings (SSSR count). The van der Waals surface area contributed by atoms with Crippen molar-refractivity contribution in [2.75, 3.05) is 18.8 Å². The summed E-state index contributed by atoms with van der Waals surface area (Å²) in [5.41, 5.74) is 6.34. The van der Waals surface area contributed by atoms with E-state index in [9.17, 15) is 14.4 Å². The lowest BCUT2D eigenvalue weighted by Gasteiger charge is -2.06. The van der Waals surface area contributed by atoms with Gasteiger partial charge in [-0.25, -0.2) is 0 Å². The molecule has 0 atom stereocenters. The second-order valence-electron chi connectivity index (χ2n) is 3.59. The van der Waals surface area contributed by atoms with Gasteiger partial charge in [0.15, 0.2) is 0 Å². The van der Waals surface area contributed by atoms with Crippen LogP contribution in [0.25, 0.3) is 0 Å². The minimum atomic E-state index is -1.15. The number of nitrogen functional groups attached to an aromatic ring is 1. The third-order valence-corrected chi connectivity index (χ3v) is 2.83. The Balaban J connectivity index is 2.49. The fourth-order valence-corrected chi connectivity index (χ4v) is 1.43. The molecule has 0 bridgehead atoms. The van der Waals surface area contributed by atoms with Crippen molar-refractivity contribution in [3.63, 3.8) is 0 Å². The van der Waals surface area contributed by atoms with Crippen LogP contribution in [0.1, 0.15) is 10.4 Å². The maximum Gasteiger partial charge on any atom is 0.322 e. The van der Waals surface area contributed by atoms with E-state index in [4.69, 9.17) is 10.8 Å². The van der Waals surface area contributed by atoms with Crippen LogP contribution in [0.4, 0.5) is 5.69 Å². The number of amides is 2. The number of rotatable bonds is 5. The minimum absolute atomic E-state index is 0.303. The molecule has 0 saturated carbocycles. The number of anilines is 1. The smallest absolute Gasteiger partial charge is 0.322 e. The highest BCUT2D eigenvalue weighted by atomic mass is 79.9. The summed E-state index contributed by atoms with van der Waals surface area (Å²) in [6.45, 7) is -0.790. The lowest BCUT2D eigenvalue weighted by atomic mass is 10.2. The van der Waals surface area contributed by atoms with E-state index in [1.165, 1.54) is 6.07 Å². The van der Waals surface area contributed by atoms with Crippen molar-refractivity contribution in [1.29, 1.82) is 0 Å². The zero-order chi connectivity index (χ0) is 14.4. The van der Waals surface area contributed by atoms with Gasteiger partial charge in [-0.2, -0.15) is 0 Å². The Kier molecular flexibility index (Phi) is 5.31. The lowest BCUT2D eigenvalue weighted by molar-refractivity contribution is -0.137. The molecule has 2 amide bonds. The summed E-state index contributed by atoms with van der Waals surface area (Å²) in [6, 6.07) is 4.63. The maximum atomic E-state index is 11.7. The van der Waals surface area contributed by atoms with Crippen LogP contribution < -0.4 is 16.4 Å².